The highest BCUT2D eigenvalue weighted by Crippen LogP contribution is 2.26. The van der Waals surface area contributed by atoms with Crippen LogP contribution >= 0.6 is 22.6 Å². The number of alkyl halides is 2. The first-order chi connectivity index (χ1) is 5.52. The molecule has 0 amide bonds. The van der Waals surface area contributed by atoms with Crippen molar-refractivity contribution in [2.24, 2.45) is 0 Å². The standard InChI is InChI=1S/C6H4F3IN2/c7-5(8)2-1-3(11)12-6(9)4(2)10/h1,5H,(H2,11,12). The molecule has 0 aliphatic carbocycles. The Morgan fingerprint density at radius 2 is 2.08 bits per heavy atom. The van der Waals surface area contributed by atoms with E-state index in [9.17, 15) is 13.2 Å². The number of anilines is 1. The highest BCUT2D eigenvalue weighted by molar-refractivity contribution is 14.1. The van der Waals surface area contributed by atoms with Crippen LogP contribution in [0.1, 0.15) is 12.0 Å². The van der Waals surface area contributed by atoms with Crippen LogP contribution in [-0.4, -0.2) is 4.98 Å². The summed E-state index contributed by atoms with van der Waals surface area (Å²) in [6.07, 6.45) is -2.73. The van der Waals surface area contributed by atoms with E-state index in [4.69, 9.17) is 5.73 Å². The van der Waals surface area contributed by atoms with Crippen LogP contribution in [-0.2, 0) is 0 Å². The molecule has 2 N–H and O–H groups in total. The summed E-state index contributed by atoms with van der Waals surface area (Å²) in [7, 11) is 0. The zero-order chi connectivity index (χ0) is 9.30. The van der Waals surface area contributed by atoms with Crippen molar-refractivity contribution < 1.29 is 13.2 Å². The van der Waals surface area contributed by atoms with Crippen LogP contribution in [0, 0.1) is 9.52 Å². The second-order valence-corrected chi connectivity index (χ2v) is 3.12. The Bertz CT molecular complexity index is 303. The Balaban J connectivity index is 3.28. The predicted molar refractivity (Wildman–Crippen MR) is 46.3 cm³/mol. The van der Waals surface area contributed by atoms with Gasteiger partial charge in [-0.2, -0.15) is 4.39 Å². The fourth-order valence-corrected chi connectivity index (χ4v) is 1.21. The van der Waals surface area contributed by atoms with Crippen molar-refractivity contribution in [2.45, 2.75) is 6.43 Å². The summed E-state index contributed by atoms with van der Waals surface area (Å²) in [5, 5.41) is 0. The Hall–Kier alpha value is -0.530. The zero-order valence-corrected chi connectivity index (χ0v) is 7.85. The lowest BCUT2D eigenvalue weighted by Crippen LogP contribution is -2.01. The predicted octanol–water partition coefficient (Wildman–Crippen LogP) is 2.35. The lowest BCUT2D eigenvalue weighted by Gasteiger charge is -2.04. The molecule has 0 radical (unpaired) electrons. The van der Waals surface area contributed by atoms with E-state index >= 15 is 0 Å². The van der Waals surface area contributed by atoms with Gasteiger partial charge in [-0.05, 0) is 28.7 Å². The largest absolute Gasteiger partial charge is 0.384 e. The quantitative estimate of drug-likeness (QED) is 0.636. The number of rotatable bonds is 1. The Labute approximate surface area is 80.1 Å². The first-order valence-corrected chi connectivity index (χ1v) is 4.00. The van der Waals surface area contributed by atoms with Crippen LogP contribution < -0.4 is 5.73 Å². The van der Waals surface area contributed by atoms with E-state index in [0.29, 0.717) is 0 Å². The van der Waals surface area contributed by atoms with E-state index in [0.717, 1.165) is 6.07 Å². The van der Waals surface area contributed by atoms with Gasteiger partial charge in [-0.1, -0.05) is 0 Å². The number of aromatic nitrogens is 1. The molecule has 1 aromatic heterocycles. The lowest BCUT2D eigenvalue weighted by atomic mass is 10.3. The maximum absolute atomic E-state index is 12.7. The molecule has 0 atom stereocenters. The molecule has 0 spiro atoms. The lowest BCUT2D eigenvalue weighted by molar-refractivity contribution is 0.149. The molecule has 0 aliphatic heterocycles. The Kier molecular flexibility index (Phi) is 2.76. The average Bonchev–Trinajstić information content (AvgIpc) is 1.96. The molecule has 12 heavy (non-hydrogen) atoms. The molecule has 0 saturated carbocycles. The monoisotopic (exact) mass is 288 g/mol. The average molecular weight is 288 g/mol. The smallest absolute Gasteiger partial charge is 0.265 e. The minimum absolute atomic E-state index is 0.184. The van der Waals surface area contributed by atoms with Gasteiger partial charge in [-0.15, -0.1) is 0 Å². The molecule has 0 aromatic carbocycles. The summed E-state index contributed by atoms with van der Waals surface area (Å²) < 4.78 is 36.8. The number of halogens is 4. The van der Waals surface area contributed by atoms with E-state index in [-0.39, 0.29) is 9.39 Å². The van der Waals surface area contributed by atoms with Crippen LogP contribution in [0.15, 0.2) is 6.07 Å². The second-order valence-electron chi connectivity index (χ2n) is 2.04. The molecule has 0 aliphatic rings. The molecule has 0 bridgehead atoms. The van der Waals surface area contributed by atoms with E-state index in [1.54, 1.807) is 0 Å². The highest BCUT2D eigenvalue weighted by atomic mass is 127. The van der Waals surface area contributed by atoms with Crippen molar-refractivity contribution in [1.82, 2.24) is 4.98 Å². The van der Waals surface area contributed by atoms with Crippen LogP contribution in [0.2, 0.25) is 0 Å². The normalized spacial score (nSPS) is 10.8. The number of hydrogen-bond donors (Lipinski definition) is 1. The molecule has 0 saturated heterocycles. The van der Waals surface area contributed by atoms with Gasteiger partial charge >= 0.3 is 0 Å². The van der Waals surface area contributed by atoms with Crippen LogP contribution in [0.25, 0.3) is 0 Å². The summed E-state index contributed by atoms with van der Waals surface area (Å²) in [5.74, 6) is -1.19. The van der Waals surface area contributed by atoms with Crippen molar-refractivity contribution in [3.63, 3.8) is 0 Å². The van der Waals surface area contributed by atoms with Crippen LogP contribution in [0.3, 0.4) is 0 Å². The topological polar surface area (TPSA) is 38.9 Å². The molecule has 1 heterocycles. The molecular weight excluding hydrogens is 284 g/mol. The van der Waals surface area contributed by atoms with Gasteiger partial charge in [0.15, 0.2) is 0 Å². The molecule has 2 nitrogen and oxygen atoms in total. The maximum atomic E-state index is 12.7. The number of nitrogens with zero attached hydrogens (tertiary/aromatic N) is 1. The van der Waals surface area contributed by atoms with Gasteiger partial charge in [0.25, 0.3) is 6.43 Å². The third-order valence-electron chi connectivity index (χ3n) is 1.20. The second kappa shape index (κ2) is 3.46. The van der Waals surface area contributed by atoms with Gasteiger partial charge in [0.1, 0.15) is 5.82 Å². The summed E-state index contributed by atoms with van der Waals surface area (Å²) in [6, 6.07) is 0.968. The zero-order valence-electron chi connectivity index (χ0n) is 5.69. The van der Waals surface area contributed by atoms with E-state index in [1.165, 1.54) is 22.6 Å². The molecular formula is C6H4F3IN2. The molecule has 0 fully saturated rings. The first kappa shape index (κ1) is 9.56. The summed E-state index contributed by atoms with van der Waals surface area (Å²) >= 11 is 1.46. The van der Waals surface area contributed by atoms with Gasteiger partial charge in [-0.3, -0.25) is 0 Å². The Morgan fingerprint density at radius 1 is 1.50 bits per heavy atom. The van der Waals surface area contributed by atoms with Crippen LogP contribution in [0.4, 0.5) is 19.0 Å². The first-order valence-electron chi connectivity index (χ1n) is 2.92. The van der Waals surface area contributed by atoms with E-state index < -0.39 is 17.9 Å². The van der Waals surface area contributed by atoms with E-state index in [1.807, 2.05) is 0 Å². The molecule has 1 aromatic rings. The van der Waals surface area contributed by atoms with Crippen LogP contribution in [0.5, 0.6) is 0 Å². The van der Waals surface area contributed by atoms with E-state index in [2.05, 4.69) is 4.98 Å². The van der Waals surface area contributed by atoms with Crippen molar-refractivity contribution in [1.29, 1.82) is 0 Å². The van der Waals surface area contributed by atoms with Gasteiger partial charge in [0.05, 0.1) is 3.57 Å². The Morgan fingerprint density at radius 3 is 2.58 bits per heavy atom. The minimum Gasteiger partial charge on any atom is -0.384 e. The fourth-order valence-electron chi connectivity index (χ4n) is 0.695. The van der Waals surface area contributed by atoms with Crippen molar-refractivity contribution in [3.8, 4) is 0 Å². The number of nitrogen functional groups attached to an aromatic ring is 1. The molecule has 0 unspecified atom stereocenters. The third-order valence-corrected chi connectivity index (χ3v) is 2.27. The molecule has 1 rings (SSSR count). The summed E-state index contributed by atoms with van der Waals surface area (Å²) in [6.45, 7) is 0. The van der Waals surface area contributed by atoms with Gasteiger partial charge < -0.3 is 5.73 Å². The van der Waals surface area contributed by atoms with Crippen molar-refractivity contribution in [2.75, 3.05) is 5.73 Å². The summed E-state index contributed by atoms with van der Waals surface area (Å²) in [4.78, 5) is 3.19. The highest BCUT2D eigenvalue weighted by Gasteiger charge is 2.16. The number of pyridine rings is 1. The molecule has 66 valence electrons. The fraction of sp³-hybridized carbons (Fsp3) is 0.167. The van der Waals surface area contributed by atoms with Crippen molar-refractivity contribution >= 4 is 28.4 Å². The maximum Gasteiger partial charge on any atom is 0.265 e. The third kappa shape index (κ3) is 1.79. The van der Waals surface area contributed by atoms with Gasteiger partial charge in [0, 0.05) is 5.56 Å². The van der Waals surface area contributed by atoms with Gasteiger partial charge in [-0.25, -0.2) is 13.8 Å². The molecule has 6 heteroatoms. The SMILES string of the molecule is Nc1cc(C(F)F)c(I)c(F)n1. The van der Waals surface area contributed by atoms with Crippen molar-refractivity contribution in [3.05, 3.63) is 21.1 Å². The summed E-state index contributed by atoms with van der Waals surface area (Å²) in [5.41, 5.74) is 4.66. The number of nitrogens with two attached hydrogens (primary N) is 1. The minimum atomic E-state index is -2.73. The van der Waals surface area contributed by atoms with Gasteiger partial charge in [0.2, 0.25) is 5.95 Å². The number of hydrogen-bond acceptors (Lipinski definition) is 2.